The third kappa shape index (κ3) is 37.6. The van der Waals surface area contributed by atoms with Gasteiger partial charge in [-0.05, 0) is 96.3 Å². The standard InChI is InChI=1S/C59H98O12/c1-4-7-10-13-16-19-22-23-24-25-26-27-28-29-32-35-38-41-44-47-53(62)70-57-55(64)54(63)56(58(65)66)71-59(57)68-49-50(69-52(61)46-43-40-37-34-31-21-18-15-12-9-6-3)48-67-51(60)45-42-39-36-33-30-20-17-14-11-8-5-2/h7,10,14-19,23-24,26-27,50,54-57,59,63-64H,4-6,8-9,11-13,20-22,25,28-49H2,1-3H3,(H,65,66)/b10-7-,17-14-,18-15-,19-16-,24-23-,27-26-. The van der Waals surface area contributed by atoms with E-state index < -0.39 is 67.3 Å². The molecule has 0 amide bonds. The Hall–Kier alpha value is -3.84. The van der Waals surface area contributed by atoms with Gasteiger partial charge >= 0.3 is 23.9 Å². The predicted molar refractivity (Wildman–Crippen MR) is 285 cm³/mol. The van der Waals surface area contributed by atoms with E-state index in [2.05, 4.69) is 93.7 Å². The van der Waals surface area contributed by atoms with Crippen molar-refractivity contribution in [3.63, 3.8) is 0 Å². The highest BCUT2D eigenvalue weighted by Crippen LogP contribution is 2.26. The number of aliphatic hydroxyl groups is 2. The zero-order chi connectivity index (χ0) is 51.8. The lowest BCUT2D eigenvalue weighted by Gasteiger charge is -2.40. The number of carboxylic acids is 1. The van der Waals surface area contributed by atoms with Crippen molar-refractivity contribution in [1.29, 1.82) is 0 Å². The molecule has 12 heteroatoms. The summed E-state index contributed by atoms with van der Waals surface area (Å²) in [7, 11) is 0. The van der Waals surface area contributed by atoms with Gasteiger partial charge in [0.15, 0.2) is 24.6 Å². The molecule has 71 heavy (non-hydrogen) atoms. The number of ether oxygens (including phenoxy) is 5. The van der Waals surface area contributed by atoms with Gasteiger partial charge in [0.05, 0.1) is 6.61 Å². The Bertz CT molecular complexity index is 1510. The minimum absolute atomic E-state index is 0.0408. The second kappa shape index (κ2) is 47.2. The van der Waals surface area contributed by atoms with Gasteiger partial charge in [-0.3, -0.25) is 14.4 Å². The van der Waals surface area contributed by atoms with Crippen LogP contribution in [0.1, 0.15) is 226 Å². The molecule has 1 saturated heterocycles. The highest BCUT2D eigenvalue weighted by atomic mass is 16.7. The number of hydrogen-bond donors (Lipinski definition) is 3. The first-order chi connectivity index (χ1) is 34.6. The lowest BCUT2D eigenvalue weighted by Crippen LogP contribution is -2.61. The van der Waals surface area contributed by atoms with Crippen LogP contribution in [0.15, 0.2) is 72.9 Å². The number of rotatable bonds is 46. The lowest BCUT2D eigenvalue weighted by atomic mass is 9.98. The largest absolute Gasteiger partial charge is 0.479 e. The summed E-state index contributed by atoms with van der Waals surface area (Å²) < 4.78 is 28.3. The van der Waals surface area contributed by atoms with Crippen LogP contribution in [0, 0.1) is 0 Å². The molecule has 0 aromatic carbocycles. The van der Waals surface area contributed by atoms with Crippen molar-refractivity contribution >= 4 is 23.9 Å². The zero-order valence-electron chi connectivity index (χ0n) is 44.4. The normalized spacial score (nSPS) is 19.0. The Morgan fingerprint density at radius 1 is 0.479 bits per heavy atom. The summed E-state index contributed by atoms with van der Waals surface area (Å²) >= 11 is 0. The fourth-order valence-corrected chi connectivity index (χ4v) is 7.91. The third-order valence-electron chi connectivity index (χ3n) is 12.2. The average molecular weight is 999 g/mol. The van der Waals surface area contributed by atoms with E-state index in [9.17, 15) is 34.5 Å². The summed E-state index contributed by atoms with van der Waals surface area (Å²) in [5.74, 6) is -3.16. The zero-order valence-corrected chi connectivity index (χ0v) is 44.4. The number of hydrogen-bond acceptors (Lipinski definition) is 11. The predicted octanol–water partition coefficient (Wildman–Crippen LogP) is 13.8. The molecule has 0 radical (unpaired) electrons. The van der Waals surface area contributed by atoms with Gasteiger partial charge in [-0.15, -0.1) is 0 Å². The van der Waals surface area contributed by atoms with Gasteiger partial charge in [0.2, 0.25) is 0 Å². The second-order valence-corrected chi connectivity index (χ2v) is 18.8. The van der Waals surface area contributed by atoms with Gasteiger partial charge in [0.25, 0.3) is 0 Å². The van der Waals surface area contributed by atoms with Crippen molar-refractivity contribution in [1.82, 2.24) is 0 Å². The fraction of sp³-hybridized carbons (Fsp3) is 0.729. The number of carbonyl (C=O) groups is 4. The number of carbonyl (C=O) groups excluding carboxylic acids is 3. The molecule has 1 fully saturated rings. The first-order valence-corrected chi connectivity index (χ1v) is 27.9. The Morgan fingerprint density at radius 2 is 0.887 bits per heavy atom. The number of aliphatic hydroxyl groups excluding tert-OH is 2. The second-order valence-electron chi connectivity index (χ2n) is 18.8. The van der Waals surface area contributed by atoms with Crippen molar-refractivity contribution in [3.8, 4) is 0 Å². The van der Waals surface area contributed by atoms with E-state index in [-0.39, 0.29) is 25.9 Å². The van der Waals surface area contributed by atoms with E-state index in [1.807, 2.05) is 0 Å². The van der Waals surface area contributed by atoms with Crippen LogP contribution >= 0.6 is 0 Å². The molecule has 12 nitrogen and oxygen atoms in total. The molecular weight excluding hydrogens is 901 g/mol. The molecular formula is C59H98O12. The maximum absolute atomic E-state index is 13.1. The molecule has 1 aliphatic rings. The molecule has 0 spiro atoms. The summed E-state index contributed by atoms with van der Waals surface area (Å²) in [5, 5.41) is 31.4. The van der Waals surface area contributed by atoms with Crippen molar-refractivity contribution in [2.45, 2.75) is 263 Å². The summed E-state index contributed by atoms with van der Waals surface area (Å²) in [6, 6.07) is 0. The fourth-order valence-electron chi connectivity index (χ4n) is 7.91. The van der Waals surface area contributed by atoms with Gasteiger partial charge < -0.3 is 39.0 Å². The molecule has 0 aromatic heterocycles. The van der Waals surface area contributed by atoms with E-state index in [0.29, 0.717) is 19.3 Å². The van der Waals surface area contributed by atoms with Crippen LogP contribution in [0.5, 0.6) is 0 Å². The summed E-state index contributed by atoms with van der Waals surface area (Å²) in [5.41, 5.74) is 0. The van der Waals surface area contributed by atoms with Crippen molar-refractivity contribution in [2.75, 3.05) is 13.2 Å². The minimum atomic E-state index is -1.91. The van der Waals surface area contributed by atoms with Crippen LogP contribution < -0.4 is 0 Å². The average Bonchev–Trinajstić information content (AvgIpc) is 3.35. The van der Waals surface area contributed by atoms with E-state index in [1.54, 1.807) is 0 Å². The van der Waals surface area contributed by atoms with Gasteiger partial charge in [-0.1, -0.05) is 184 Å². The van der Waals surface area contributed by atoms with Gasteiger partial charge in [0, 0.05) is 19.3 Å². The quantitative estimate of drug-likeness (QED) is 0.0228. The molecule has 0 aliphatic carbocycles. The number of allylic oxidation sites excluding steroid dienone is 12. The van der Waals surface area contributed by atoms with Crippen molar-refractivity contribution in [2.24, 2.45) is 0 Å². The van der Waals surface area contributed by atoms with Crippen LogP contribution in [0.2, 0.25) is 0 Å². The maximum atomic E-state index is 13.1. The molecule has 3 N–H and O–H groups in total. The van der Waals surface area contributed by atoms with Gasteiger partial charge in [0.1, 0.15) is 18.8 Å². The monoisotopic (exact) mass is 999 g/mol. The van der Waals surface area contributed by atoms with E-state index >= 15 is 0 Å². The molecule has 6 unspecified atom stereocenters. The number of unbranched alkanes of at least 4 members (excludes halogenated alkanes) is 20. The summed E-state index contributed by atoms with van der Waals surface area (Å²) in [4.78, 5) is 50.9. The van der Waals surface area contributed by atoms with E-state index in [1.165, 1.54) is 25.7 Å². The molecule has 6 atom stereocenters. The Labute approximate surface area is 429 Å². The minimum Gasteiger partial charge on any atom is -0.479 e. The smallest absolute Gasteiger partial charge is 0.335 e. The maximum Gasteiger partial charge on any atom is 0.335 e. The molecule has 0 aromatic rings. The molecule has 0 saturated carbocycles. The molecule has 1 heterocycles. The first kappa shape index (κ1) is 65.2. The highest BCUT2D eigenvalue weighted by Gasteiger charge is 2.50. The van der Waals surface area contributed by atoms with Crippen LogP contribution in [0.25, 0.3) is 0 Å². The Kier molecular flexibility index (Phi) is 43.3. The highest BCUT2D eigenvalue weighted by molar-refractivity contribution is 5.74. The van der Waals surface area contributed by atoms with Crippen molar-refractivity contribution < 1.29 is 58.2 Å². The van der Waals surface area contributed by atoms with Crippen molar-refractivity contribution in [3.05, 3.63) is 72.9 Å². The van der Waals surface area contributed by atoms with E-state index in [0.717, 1.165) is 141 Å². The summed E-state index contributed by atoms with van der Waals surface area (Å²) in [6.45, 7) is 5.76. The SMILES string of the molecule is CC/C=C\C/C=C\C/C=C\C/C=C\CCCCCCCCC(=O)OC1C(OCC(COC(=O)CCCCCCC/C=C\CCCC)OC(=O)CCCCCCC/C=C\CCCC)OC(C(=O)O)C(O)C1O. The topological polar surface area (TPSA) is 175 Å². The summed E-state index contributed by atoms with van der Waals surface area (Å²) in [6.07, 6.45) is 46.0. The molecule has 0 bridgehead atoms. The van der Waals surface area contributed by atoms with Crippen LogP contribution in [0.3, 0.4) is 0 Å². The number of carboxylic acid groups (broad SMARTS) is 1. The molecule has 1 rings (SSSR count). The van der Waals surface area contributed by atoms with Gasteiger partial charge in [-0.2, -0.15) is 0 Å². The van der Waals surface area contributed by atoms with Gasteiger partial charge in [-0.25, -0.2) is 4.79 Å². The van der Waals surface area contributed by atoms with E-state index in [4.69, 9.17) is 23.7 Å². The van der Waals surface area contributed by atoms with Crippen LogP contribution in [-0.4, -0.2) is 89.2 Å². The first-order valence-electron chi connectivity index (χ1n) is 27.9. The Balaban J connectivity index is 2.69. The third-order valence-corrected chi connectivity index (χ3v) is 12.2. The van der Waals surface area contributed by atoms with Crippen LogP contribution in [-0.2, 0) is 42.9 Å². The van der Waals surface area contributed by atoms with Crippen LogP contribution in [0.4, 0.5) is 0 Å². The Morgan fingerprint density at radius 3 is 1.37 bits per heavy atom. The molecule has 1 aliphatic heterocycles. The number of esters is 3. The molecule has 406 valence electrons. The lowest BCUT2D eigenvalue weighted by molar-refractivity contribution is -0.301. The number of aliphatic carboxylic acids is 1.